The van der Waals surface area contributed by atoms with Crippen molar-refractivity contribution in [1.82, 2.24) is 14.9 Å². The third-order valence-corrected chi connectivity index (χ3v) is 5.60. The van der Waals surface area contributed by atoms with Crippen LogP contribution in [0, 0.1) is 13.8 Å². The molecular formula is C24H28N6O2. The molecule has 2 heterocycles. The molecule has 8 heteroatoms. The summed E-state index contributed by atoms with van der Waals surface area (Å²) in [5.41, 5.74) is 17.6. The van der Waals surface area contributed by atoms with Gasteiger partial charge < -0.3 is 26.4 Å². The maximum absolute atomic E-state index is 12.0. The summed E-state index contributed by atoms with van der Waals surface area (Å²) in [6, 6.07) is 11.1. The van der Waals surface area contributed by atoms with Crippen molar-refractivity contribution < 1.29 is 9.53 Å². The first-order chi connectivity index (χ1) is 15.3. The fourth-order valence-electron chi connectivity index (χ4n) is 3.96. The fraction of sp³-hybridized carbons (Fsp3) is 0.292. The Morgan fingerprint density at radius 2 is 1.66 bits per heavy atom. The molecule has 5 N–H and O–H groups in total. The summed E-state index contributed by atoms with van der Waals surface area (Å²) in [4.78, 5) is 23.3. The normalized spacial score (nSPS) is 13.3. The van der Waals surface area contributed by atoms with Crippen molar-refractivity contribution in [2.45, 2.75) is 33.6 Å². The number of ether oxygens (including phenoxy) is 1. The number of hydrogen-bond acceptors (Lipinski definition) is 7. The van der Waals surface area contributed by atoms with E-state index in [1.54, 1.807) is 6.92 Å². The summed E-state index contributed by atoms with van der Waals surface area (Å²) < 4.78 is 6.37. The second-order valence-electron chi connectivity index (χ2n) is 8.12. The van der Waals surface area contributed by atoms with Crippen LogP contribution in [0.2, 0.25) is 0 Å². The number of nitrogens with one attached hydrogen (secondary N) is 1. The Balaban J connectivity index is 1.75. The van der Waals surface area contributed by atoms with Gasteiger partial charge >= 0.3 is 0 Å². The summed E-state index contributed by atoms with van der Waals surface area (Å²) >= 11 is 0. The first kappa shape index (κ1) is 21.4. The Hall–Kier alpha value is -3.81. The van der Waals surface area contributed by atoms with Crippen LogP contribution >= 0.6 is 0 Å². The lowest BCUT2D eigenvalue weighted by molar-refractivity contribution is -0.128. The second-order valence-corrected chi connectivity index (χ2v) is 8.12. The summed E-state index contributed by atoms with van der Waals surface area (Å²) in [6.45, 7) is 6.73. The van der Waals surface area contributed by atoms with Crippen LogP contribution in [0.3, 0.4) is 0 Å². The maximum Gasteiger partial charge on any atom is 0.230 e. The van der Waals surface area contributed by atoms with Gasteiger partial charge in [-0.1, -0.05) is 0 Å². The van der Waals surface area contributed by atoms with Crippen LogP contribution in [0.5, 0.6) is 11.6 Å². The number of nitrogen functional groups attached to an aromatic ring is 2. The number of carbonyl (C=O) groups excluding carboxylic acids is 1. The monoisotopic (exact) mass is 432 g/mol. The molecule has 1 aromatic heterocycles. The van der Waals surface area contributed by atoms with Crippen LogP contribution < -0.4 is 21.5 Å². The number of benzene rings is 2. The molecule has 1 aliphatic heterocycles. The summed E-state index contributed by atoms with van der Waals surface area (Å²) in [7, 11) is 0. The number of aromatic nitrogens is 2. The molecule has 1 amide bonds. The van der Waals surface area contributed by atoms with Crippen LogP contribution in [-0.4, -0.2) is 33.9 Å². The van der Waals surface area contributed by atoms with Gasteiger partial charge in [0.15, 0.2) is 0 Å². The lowest BCUT2D eigenvalue weighted by atomic mass is 10.1. The van der Waals surface area contributed by atoms with Crippen LogP contribution in [0.25, 0.3) is 0 Å². The van der Waals surface area contributed by atoms with Gasteiger partial charge in [-0.2, -0.15) is 4.98 Å². The Bertz CT molecular complexity index is 1140. The Morgan fingerprint density at radius 1 is 1.00 bits per heavy atom. The number of carbonyl (C=O) groups is 1. The zero-order chi connectivity index (χ0) is 22.8. The highest BCUT2D eigenvalue weighted by atomic mass is 16.5. The quantitative estimate of drug-likeness (QED) is 0.537. The van der Waals surface area contributed by atoms with Crippen molar-refractivity contribution in [3.63, 3.8) is 0 Å². The Kier molecular flexibility index (Phi) is 5.85. The molecule has 3 aromatic rings. The van der Waals surface area contributed by atoms with E-state index in [1.807, 2.05) is 55.1 Å². The summed E-state index contributed by atoms with van der Waals surface area (Å²) in [5, 5.41) is 3.24. The van der Waals surface area contributed by atoms with E-state index < -0.39 is 0 Å². The van der Waals surface area contributed by atoms with Crippen molar-refractivity contribution in [1.29, 1.82) is 0 Å². The van der Waals surface area contributed by atoms with Crippen molar-refractivity contribution in [3.8, 4) is 11.6 Å². The molecule has 1 aliphatic rings. The molecule has 0 saturated carbocycles. The molecule has 4 rings (SSSR count). The van der Waals surface area contributed by atoms with Gasteiger partial charge in [0.05, 0.1) is 5.69 Å². The van der Waals surface area contributed by atoms with Crippen LogP contribution in [0.1, 0.15) is 29.3 Å². The predicted octanol–water partition coefficient (Wildman–Crippen LogP) is 3.74. The van der Waals surface area contributed by atoms with Gasteiger partial charge in [-0.05, 0) is 67.8 Å². The lowest BCUT2D eigenvalue weighted by Gasteiger charge is -2.18. The average Bonchev–Trinajstić information content (AvgIpc) is 2.95. The minimum atomic E-state index is 0.0543. The van der Waals surface area contributed by atoms with Gasteiger partial charge in [0.25, 0.3) is 0 Å². The van der Waals surface area contributed by atoms with E-state index in [0.29, 0.717) is 49.1 Å². The molecule has 8 nitrogen and oxygen atoms in total. The minimum absolute atomic E-state index is 0.0543. The van der Waals surface area contributed by atoms with Crippen molar-refractivity contribution in [2.24, 2.45) is 0 Å². The summed E-state index contributed by atoms with van der Waals surface area (Å²) in [5.74, 6) is 1.71. The molecular weight excluding hydrogens is 404 g/mol. The fourth-order valence-corrected chi connectivity index (χ4v) is 3.96. The third-order valence-electron chi connectivity index (χ3n) is 5.60. The van der Waals surface area contributed by atoms with Gasteiger partial charge in [0.1, 0.15) is 5.75 Å². The number of rotatable bonds is 4. The number of hydrogen-bond donors (Lipinski definition) is 3. The van der Waals surface area contributed by atoms with E-state index in [-0.39, 0.29) is 5.91 Å². The van der Waals surface area contributed by atoms with E-state index in [2.05, 4.69) is 5.32 Å². The van der Waals surface area contributed by atoms with Crippen LogP contribution in [0.15, 0.2) is 36.4 Å². The molecule has 0 aliphatic carbocycles. The zero-order valence-corrected chi connectivity index (χ0v) is 18.6. The highest BCUT2D eigenvalue weighted by Gasteiger charge is 2.23. The van der Waals surface area contributed by atoms with E-state index in [0.717, 1.165) is 33.8 Å². The highest BCUT2D eigenvalue weighted by Crippen LogP contribution is 2.34. The molecule has 0 atom stereocenters. The SMILES string of the molecule is CC(=O)N1CCc2nc(Nc3ccc(N)cc3)nc(Oc3c(C)cc(N)cc3C)c2CC1. The topological polar surface area (TPSA) is 119 Å². The molecule has 2 aromatic carbocycles. The van der Waals surface area contributed by atoms with Gasteiger partial charge in [-0.15, -0.1) is 0 Å². The maximum atomic E-state index is 12.0. The number of anilines is 4. The first-order valence-electron chi connectivity index (χ1n) is 10.6. The molecule has 0 saturated heterocycles. The highest BCUT2D eigenvalue weighted by molar-refractivity contribution is 5.73. The molecule has 0 fully saturated rings. The summed E-state index contributed by atoms with van der Waals surface area (Å²) in [6.07, 6.45) is 1.25. The number of fused-ring (bicyclic) bond motifs is 1. The van der Waals surface area contributed by atoms with Crippen molar-refractivity contribution in [2.75, 3.05) is 29.9 Å². The molecule has 166 valence electrons. The third kappa shape index (κ3) is 4.59. The van der Waals surface area contributed by atoms with Crippen molar-refractivity contribution in [3.05, 3.63) is 58.8 Å². The second kappa shape index (κ2) is 8.74. The Morgan fingerprint density at radius 3 is 2.31 bits per heavy atom. The predicted molar refractivity (Wildman–Crippen MR) is 126 cm³/mol. The van der Waals surface area contributed by atoms with E-state index >= 15 is 0 Å². The number of nitrogens with zero attached hydrogens (tertiary/aromatic N) is 3. The number of nitrogens with two attached hydrogens (primary N) is 2. The minimum Gasteiger partial charge on any atom is -0.438 e. The van der Waals surface area contributed by atoms with Gasteiger partial charge in [0, 0.05) is 49.1 Å². The van der Waals surface area contributed by atoms with Crippen LogP contribution in [0.4, 0.5) is 23.0 Å². The van der Waals surface area contributed by atoms with Crippen LogP contribution in [-0.2, 0) is 17.6 Å². The molecule has 0 bridgehead atoms. The molecule has 0 unspecified atom stereocenters. The lowest BCUT2D eigenvalue weighted by Crippen LogP contribution is -2.31. The average molecular weight is 433 g/mol. The molecule has 0 radical (unpaired) electrons. The molecule has 32 heavy (non-hydrogen) atoms. The Labute approximate surface area is 187 Å². The van der Waals surface area contributed by atoms with E-state index in [9.17, 15) is 4.79 Å². The van der Waals surface area contributed by atoms with Gasteiger partial charge in [0.2, 0.25) is 17.7 Å². The van der Waals surface area contributed by atoms with E-state index in [4.69, 9.17) is 26.2 Å². The molecule has 0 spiro atoms. The number of amides is 1. The van der Waals surface area contributed by atoms with Gasteiger partial charge in [-0.25, -0.2) is 4.98 Å². The zero-order valence-electron chi connectivity index (χ0n) is 18.6. The smallest absolute Gasteiger partial charge is 0.230 e. The van der Waals surface area contributed by atoms with Crippen molar-refractivity contribution >= 4 is 28.9 Å². The first-order valence-corrected chi connectivity index (χ1v) is 10.6. The number of aryl methyl sites for hydroxylation is 2. The largest absolute Gasteiger partial charge is 0.438 e. The standard InChI is InChI=1S/C24H28N6O2/c1-14-12-18(26)13-15(2)22(14)32-23-20-8-10-30(16(3)31)11-9-21(20)28-24(29-23)27-19-6-4-17(25)5-7-19/h4-7,12-13H,8-11,25-26H2,1-3H3,(H,27,28,29). The van der Waals surface area contributed by atoms with E-state index in [1.165, 1.54) is 0 Å². The van der Waals surface area contributed by atoms with Gasteiger partial charge in [-0.3, -0.25) is 4.79 Å².